The first kappa shape index (κ1) is 26.9. The number of β-amino-alcohol motifs (C(OH)–C–C–N with tert-alkyl or cyclic N) is 1. The second-order valence-electron chi connectivity index (χ2n) is 9.45. The molecule has 2 aliphatic heterocycles. The molecule has 2 aliphatic rings. The predicted molar refractivity (Wildman–Crippen MR) is 134 cm³/mol. The number of carbonyl (C=O) groups excluding carboxylic acids is 1. The zero-order chi connectivity index (χ0) is 25.9. The standard InChI is InChI=1S/C27H34ClNO7/c1-3-35-20-9-6-17(7-10-20)13-19-14-18(8-11-22(19)28)21-15-36-27(33,25(31)24(21)30)16-29-12-4-5-23(29)26(32)34-2/h6-11,14,21,23-25,30-31,33H,3-5,12-13,15-16H2,1-2H3. The Hall–Kier alpha value is -2.20. The van der Waals surface area contributed by atoms with Crippen molar-refractivity contribution in [3.63, 3.8) is 0 Å². The number of halogens is 1. The number of aliphatic hydroxyl groups excluding tert-OH is 2. The van der Waals surface area contributed by atoms with Crippen LogP contribution in [0.1, 0.15) is 42.4 Å². The second kappa shape index (κ2) is 11.5. The van der Waals surface area contributed by atoms with Crippen LogP contribution in [0.4, 0.5) is 0 Å². The predicted octanol–water partition coefficient (Wildman–Crippen LogP) is 2.49. The maximum atomic E-state index is 12.1. The number of esters is 1. The minimum absolute atomic E-state index is 0.00438. The molecule has 0 spiro atoms. The maximum Gasteiger partial charge on any atom is 0.323 e. The van der Waals surface area contributed by atoms with E-state index in [-0.39, 0.29) is 19.1 Å². The molecule has 2 saturated heterocycles. The molecule has 2 heterocycles. The van der Waals surface area contributed by atoms with Crippen molar-refractivity contribution in [1.29, 1.82) is 0 Å². The van der Waals surface area contributed by atoms with Crippen LogP contribution in [0.5, 0.6) is 5.75 Å². The van der Waals surface area contributed by atoms with Crippen molar-refractivity contribution in [2.24, 2.45) is 0 Å². The van der Waals surface area contributed by atoms with Gasteiger partial charge in [0.25, 0.3) is 0 Å². The summed E-state index contributed by atoms with van der Waals surface area (Å²) in [7, 11) is 1.32. The van der Waals surface area contributed by atoms with Crippen LogP contribution in [0.25, 0.3) is 0 Å². The summed E-state index contributed by atoms with van der Waals surface area (Å²) >= 11 is 6.47. The van der Waals surface area contributed by atoms with E-state index in [9.17, 15) is 20.1 Å². The Labute approximate surface area is 216 Å². The number of ether oxygens (including phenoxy) is 3. The third-order valence-corrected chi connectivity index (χ3v) is 7.47. The van der Waals surface area contributed by atoms with E-state index in [1.165, 1.54) is 7.11 Å². The maximum absolute atomic E-state index is 12.1. The van der Waals surface area contributed by atoms with Crippen molar-refractivity contribution in [1.82, 2.24) is 4.90 Å². The topological polar surface area (TPSA) is 109 Å². The number of rotatable bonds is 8. The minimum Gasteiger partial charge on any atom is -0.494 e. The molecule has 196 valence electrons. The summed E-state index contributed by atoms with van der Waals surface area (Å²) < 4.78 is 16.1. The summed E-state index contributed by atoms with van der Waals surface area (Å²) in [5.74, 6) is -2.16. The zero-order valence-corrected chi connectivity index (χ0v) is 21.4. The molecule has 0 aliphatic carbocycles. The van der Waals surface area contributed by atoms with Gasteiger partial charge in [0.05, 0.1) is 33.0 Å². The van der Waals surface area contributed by atoms with Crippen LogP contribution in [-0.2, 0) is 20.7 Å². The van der Waals surface area contributed by atoms with E-state index in [0.29, 0.717) is 31.0 Å². The molecule has 5 unspecified atom stereocenters. The van der Waals surface area contributed by atoms with Gasteiger partial charge in [-0.05, 0) is 67.6 Å². The molecule has 5 atom stereocenters. The van der Waals surface area contributed by atoms with Crippen molar-refractivity contribution in [2.45, 2.75) is 56.1 Å². The number of likely N-dealkylation sites (tertiary alicyclic amines) is 1. The highest BCUT2D eigenvalue weighted by Crippen LogP contribution is 2.36. The van der Waals surface area contributed by atoms with Crippen molar-refractivity contribution in [2.75, 3.05) is 33.4 Å². The second-order valence-corrected chi connectivity index (χ2v) is 9.86. The monoisotopic (exact) mass is 519 g/mol. The van der Waals surface area contributed by atoms with Gasteiger partial charge >= 0.3 is 5.97 Å². The molecule has 0 saturated carbocycles. The van der Waals surface area contributed by atoms with Crippen LogP contribution < -0.4 is 4.74 Å². The van der Waals surface area contributed by atoms with Crippen molar-refractivity contribution in [3.8, 4) is 5.75 Å². The van der Waals surface area contributed by atoms with Gasteiger partial charge in [-0.1, -0.05) is 35.9 Å². The average Bonchev–Trinajstić information content (AvgIpc) is 3.33. The van der Waals surface area contributed by atoms with Gasteiger partial charge in [0.15, 0.2) is 0 Å². The van der Waals surface area contributed by atoms with Gasteiger partial charge in [0.1, 0.15) is 17.9 Å². The lowest BCUT2D eigenvalue weighted by atomic mass is 9.84. The fourth-order valence-corrected chi connectivity index (χ4v) is 5.28. The molecule has 3 N–H and O–H groups in total. The molecule has 0 amide bonds. The van der Waals surface area contributed by atoms with Gasteiger partial charge in [-0.25, -0.2) is 0 Å². The Kier molecular flexibility index (Phi) is 8.55. The molecule has 8 nitrogen and oxygen atoms in total. The lowest BCUT2D eigenvalue weighted by Gasteiger charge is -2.45. The van der Waals surface area contributed by atoms with Crippen LogP contribution in [-0.4, -0.2) is 83.6 Å². The van der Waals surface area contributed by atoms with E-state index >= 15 is 0 Å². The molecule has 2 aromatic carbocycles. The number of methoxy groups -OCH3 is 1. The Bertz CT molecular complexity index is 1050. The largest absolute Gasteiger partial charge is 0.494 e. The molecular formula is C27H34ClNO7. The Morgan fingerprint density at radius 3 is 2.67 bits per heavy atom. The first-order valence-corrected chi connectivity index (χ1v) is 12.7. The van der Waals surface area contributed by atoms with Gasteiger partial charge in [-0.15, -0.1) is 0 Å². The third kappa shape index (κ3) is 5.69. The van der Waals surface area contributed by atoms with Crippen LogP contribution in [0, 0.1) is 0 Å². The molecule has 0 aromatic heterocycles. The molecular weight excluding hydrogens is 486 g/mol. The number of benzene rings is 2. The van der Waals surface area contributed by atoms with E-state index in [0.717, 1.165) is 28.9 Å². The van der Waals surface area contributed by atoms with Crippen molar-refractivity contribution in [3.05, 3.63) is 64.2 Å². The first-order valence-electron chi connectivity index (χ1n) is 12.3. The van der Waals surface area contributed by atoms with E-state index in [1.807, 2.05) is 37.3 Å². The van der Waals surface area contributed by atoms with Gasteiger partial charge in [0, 0.05) is 10.9 Å². The van der Waals surface area contributed by atoms with Gasteiger partial charge in [0.2, 0.25) is 5.79 Å². The number of nitrogens with zero attached hydrogens (tertiary/aromatic N) is 1. The lowest BCUT2D eigenvalue weighted by Crippen LogP contribution is -2.63. The highest BCUT2D eigenvalue weighted by atomic mass is 35.5. The number of aliphatic hydroxyl groups is 3. The normalized spacial score (nSPS) is 28.7. The van der Waals surface area contributed by atoms with E-state index in [2.05, 4.69) is 0 Å². The van der Waals surface area contributed by atoms with Crippen molar-refractivity contribution >= 4 is 17.6 Å². The highest BCUT2D eigenvalue weighted by molar-refractivity contribution is 6.31. The Morgan fingerprint density at radius 1 is 1.22 bits per heavy atom. The molecule has 2 aromatic rings. The molecule has 36 heavy (non-hydrogen) atoms. The van der Waals surface area contributed by atoms with E-state index in [4.69, 9.17) is 25.8 Å². The fraction of sp³-hybridized carbons (Fsp3) is 0.519. The third-order valence-electron chi connectivity index (χ3n) is 7.10. The van der Waals surface area contributed by atoms with Crippen LogP contribution in [0.2, 0.25) is 5.02 Å². The smallest absolute Gasteiger partial charge is 0.323 e. The summed E-state index contributed by atoms with van der Waals surface area (Å²) in [6.45, 7) is 2.98. The summed E-state index contributed by atoms with van der Waals surface area (Å²) in [6.07, 6.45) is -0.896. The van der Waals surface area contributed by atoms with Crippen LogP contribution in [0.3, 0.4) is 0 Å². The Balaban J connectivity index is 1.47. The van der Waals surface area contributed by atoms with Crippen molar-refractivity contribution < 1.29 is 34.3 Å². The zero-order valence-electron chi connectivity index (χ0n) is 20.6. The van der Waals surface area contributed by atoms with E-state index in [1.54, 1.807) is 17.0 Å². The quantitative estimate of drug-likeness (QED) is 0.456. The lowest BCUT2D eigenvalue weighted by molar-refractivity contribution is -0.310. The van der Waals surface area contributed by atoms with Gasteiger partial charge in [-0.2, -0.15) is 0 Å². The van der Waals surface area contributed by atoms with Gasteiger partial charge < -0.3 is 29.5 Å². The summed E-state index contributed by atoms with van der Waals surface area (Å²) in [5, 5.41) is 33.6. The molecule has 0 radical (unpaired) electrons. The minimum atomic E-state index is -2.01. The average molecular weight is 520 g/mol. The summed E-state index contributed by atoms with van der Waals surface area (Å²) in [5.41, 5.74) is 2.68. The fourth-order valence-electron chi connectivity index (χ4n) is 5.10. The van der Waals surface area contributed by atoms with E-state index < -0.39 is 30.0 Å². The highest BCUT2D eigenvalue weighted by Gasteiger charge is 2.51. The van der Waals surface area contributed by atoms with Crippen LogP contribution in [0.15, 0.2) is 42.5 Å². The van der Waals surface area contributed by atoms with Gasteiger partial charge in [-0.3, -0.25) is 9.69 Å². The summed E-state index contributed by atoms with van der Waals surface area (Å²) in [6, 6.07) is 12.8. The summed E-state index contributed by atoms with van der Waals surface area (Å²) in [4.78, 5) is 13.8. The molecule has 2 fully saturated rings. The SMILES string of the molecule is CCOc1ccc(Cc2cc(C3COC(O)(CN4CCCC4C(=O)OC)C(O)C3O)ccc2Cl)cc1. The first-order chi connectivity index (χ1) is 17.3. The number of hydrogen-bond acceptors (Lipinski definition) is 8. The Morgan fingerprint density at radius 2 is 1.97 bits per heavy atom. The molecule has 4 rings (SSSR count). The number of hydrogen-bond donors (Lipinski definition) is 3. The molecule has 9 heteroatoms. The molecule has 0 bridgehead atoms. The van der Waals surface area contributed by atoms with Crippen LogP contribution >= 0.6 is 11.6 Å². The number of carbonyl (C=O) groups is 1.